The van der Waals surface area contributed by atoms with Crippen molar-refractivity contribution in [2.24, 2.45) is 5.16 Å². The molecule has 0 saturated heterocycles. The molecule has 0 saturated carbocycles. The molecule has 0 aliphatic heterocycles. The fraction of sp³-hybridized carbons (Fsp3) is 0.176. The Hall–Kier alpha value is -3.07. The SMILES string of the molecule is CO/N=C(\C#N)c1ccccc1COc1c(F)cccc1OC. The Balaban J connectivity index is 2.29. The van der Waals surface area contributed by atoms with Gasteiger partial charge in [-0.15, -0.1) is 0 Å². The minimum atomic E-state index is -0.520. The van der Waals surface area contributed by atoms with Crippen molar-refractivity contribution in [2.45, 2.75) is 6.61 Å². The zero-order valence-electron chi connectivity index (χ0n) is 12.7. The summed E-state index contributed by atoms with van der Waals surface area (Å²) in [6.07, 6.45) is 0. The van der Waals surface area contributed by atoms with Crippen molar-refractivity contribution in [3.63, 3.8) is 0 Å². The molecule has 0 fully saturated rings. The van der Waals surface area contributed by atoms with Crippen molar-refractivity contribution in [3.8, 4) is 17.6 Å². The van der Waals surface area contributed by atoms with Crippen LogP contribution in [-0.2, 0) is 11.4 Å². The van der Waals surface area contributed by atoms with Crippen LogP contribution in [0.3, 0.4) is 0 Å². The van der Waals surface area contributed by atoms with Gasteiger partial charge in [0.1, 0.15) is 19.8 Å². The molecule has 0 aromatic heterocycles. The maximum absolute atomic E-state index is 13.9. The van der Waals surface area contributed by atoms with Gasteiger partial charge in [-0.25, -0.2) is 4.39 Å². The first-order chi connectivity index (χ1) is 11.2. The highest BCUT2D eigenvalue weighted by Gasteiger charge is 2.14. The van der Waals surface area contributed by atoms with Gasteiger partial charge in [-0.1, -0.05) is 35.5 Å². The standard InChI is InChI=1S/C17H15FN2O3/c1-21-16-9-5-8-14(18)17(16)23-11-12-6-3-4-7-13(12)15(10-19)20-22-2/h3-9H,11H2,1-2H3/b20-15+. The molecular formula is C17H15FN2O3. The molecule has 2 aromatic rings. The Morgan fingerprint density at radius 3 is 2.65 bits per heavy atom. The van der Waals surface area contributed by atoms with Crippen LogP contribution in [0.25, 0.3) is 0 Å². The van der Waals surface area contributed by atoms with Crippen molar-refractivity contribution in [1.82, 2.24) is 0 Å². The van der Waals surface area contributed by atoms with Gasteiger partial charge in [0.15, 0.2) is 23.0 Å². The predicted molar refractivity (Wildman–Crippen MR) is 82.9 cm³/mol. The topological polar surface area (TPSA) is 63.8 Å². The van der Waals surface area contributed by atoms with Crippen LogP contribution >= 0.6 is 0 Å². The molecule has 0 radical (unpaired) electrons. The van der Waals surface area contributed by atoms with Gasteiger partial charge in [0, 0.05) is 5.56 Å². The number of hydrogen-bond acceptors (Lipinski definition) is 5. The van der Waals surface area contributed by atoms with E-state index >= 15 is 0 Å². The van der Waals surface area contributed by atoms with Gasteiger partial charge in [0.05, 0.1) is 7.11 Å². The highest BCUT2D eigenvalue weighted by atomic mass is 19.1. The third kappa shape index (κ3) is 3.77. The van der Waals surface area contributed by atoms with Crippen molar-refractivity contribution in [3.05, 3.63) is 59.4 Å². The third-order valence-corrected chi connectivity index (χ3v) is 3.08. The number of methoxy groups -OCH3 is 1. The molecule has 0 N–H and O–H groups in total. The number of ether oxygens (including phenoxy) is 2. The molecule has 118 valence electrons. The van der Waals surface area contributed by atoms with Crippen molar-refractivity contribution >= 4 is 5.71 Å². The Labute approximate surface area is 133 Å². The highest BCUT2D eigenvalue weighted by Crippen LogP contribution is 2.30. The second-order valence-corrected chi connectivity index (χ2v) is 4.45. The second-order valence-electron chi connectivity index (χ2n) is 4.45. The first-order valence-electron chi connectivity index (χ1n) is 6.76. The van der Waals surface area contributed by atoms with Crippen LogP contribution in [0.1, 0.15) is 11.1 Å². The first-order valence-corrected chi connectivity index (χ1v) is 6.76. The number of oxime groups is 1. The van der Waals surface area contributed by atoms with E-state index in [4.69, 9.17) is 14.7 Å². The van der Waals surface area contributed by atoms with E-state index < -0.39 is 5.82 Å². The summed E-state index contributed by atoms with van der Waals surface area (Å²) in [5.41, 5.74) is 1.36. The molecule has 5 nitrogen and oxygen atoms in total. The Bertz CT molecular complexity index is 754. The maximum atomic E-state index is 13.9. The minimum Gasteiger partial charge on any atom is -0.493 e. The van der Waals surface area contributed by atoms with Gasteiger partial charge in [-0.2, -0.15) is 5.26 Å². The first kappa shape index (κ1) is 16.3. The Morgan fingerprint density at radius 2 is 1.96 bits per heavy atom. The summed E-state index contributed by atoms with van der Waals surface area (Å²) in [6, 6.07) is 13.4. The van der Waals surface area contributed by atoms with E-state index in [1.807, 2.05) is 6.07 Å². The van der Waals surface area contributed by atoms with E-state index in [0.29, 0.717) is 16.9 Å². The van der Waals surface area contributed by atoms with Gasteiger partial charge in [-0.05, 0) is 17.7 Å². The number of nitriles is 1. The van der Waals surface area contributed by atoms with Crippen LogP contribution < -0.4 is 9.47 Å². The number of rotatable bonds is 6. The van der Waals surface area contributed by atoms with Crippen LogP contribution in [0, 0.1) is 17.1 Å². The molecule has 0 unspecified atom stereocenters. The van der Waals surface area contributed by atoms with Crippen molar-refractivity contribution < 1.29 is 18.7 Å². The van der Waals surface area contributed by atoms with E-state index in [0.717, 1.165) is 0 Å². The lowest BCUT2D eigenvalue weighted by Crippen LogP contribution is -2.07. The lowest BCUT2D eigenvalue weighted by Gasteiger charge is -2.13. The van der Waals surface area contributed by atoms with Crippen LogP contribution in [0.2, 0.25) is 0 Å². The quantitative estimate of drug-likeness (QED) is 0.606. The van der Waals surface area contributed by atoms with Crippen molar-refractivity contribution in [2.75, 3.05) is 14.2 Å². The van der Waals surface area contributed by atoms with Crippen LogP contribution in [0.15, 0.2) is 47.6 Å². The summed E-state index contributed by atoms with van der Waals surface area (Å²) in [4.78, 5) is 4.67. The van der Waals surface area contributed by atoms with E-state index in [-0.39, 0.29) is 18.1 Å². The minimum absolute atomic E-state index is 0.0204. The lowest BCUT2D eigenvalue weighted by atomic mass is 10.0. The molecule has 0 bridgehead atoms. The van der Waals surface area contributed by atoms with Gasteiger partial charge < -0.3 is 14.3 Å². The largest absolute Gasteiger partial charge is 0.493 e. The molecule has 0 atom stereocenters. The van der Waals surface area contributed by atoms with Crippen LogP contribution in [0.5, 0.6) is 11.5 Å². The molecule has 0 aliphatic rings. The van der Waals surface area contributed by atoms with E-state index in [2.05, 4.69) is 9.99 Å². The number of halogens is 1. The van der Waals surface area contributed by atoms with Gasteiger partial charge >= 0.3 is 0 Å². The normalized spacial score (nSPS) is 10.8. The number of para-hydroxylation sites is 1. The number of benzene rings is 2. The Morgan fingerprint density at radius 1 is 1.17 bits per heavy atom. The third-order valence-electron chi connectivity index (χ3n) is 3.08. The van der Waals surface area contributed by atoms with Crippen LogP contribution in [0.4, 0.5) is 4.39 Å². The average molecular weight is 314 g/mol. The van der Waals surface area contributed by atoms with E-state index in [1.54, 1.807) is 30.3 Å². The molecule has 6 heteroatoms. The van der Waals surface area contributed by atoms with E-state index in [9.17, 15) is 4.39 Å². The Kier molecular flexibility index (Phi) is 5.53. The zero-order valence-corrected chi connectivity index (χ0v) is 12.7. The molecule has 23 heavy (non-hydrogen) atoms. The summed E-state index contributed by atoms with van der Waals surface area (Å²) >= 11 is 0. The second kappa shape index (κ2) is 7.80. The zero-order chi connectivity index (χ0) is 16.7. The monoisotopic (exact) mass is 314 g/mol. The summed E-state index contributed by atoms with van der Waals surface area (Å²) in [6.45, 7) is 0.0535. The van der Waals surface area contributed by atoms with Gasteiger partial charge in [-0.3, -0.25) is 0 Å². The highest BCUT2D eigenvalue weighted by molar-refractivity contribution is 6.12. The molecule has 0 amide bonds. The fourth-order valence-corrected chi connectivity index (χ4v) is 2.04. The molecule has 2 aromatic carbocycles. The smallest absolute Gasteiger partial charge is 0.197 e. The fourth-order valence-electron chi connectivity index (χ4n) is 2.04. The maximum Gasteiger partial charge on any atom is 0.197 e. The summed E-state index contributed by atoms with van der Waals surface area (Å²) in [7, 11) is 2.80. The van der Waals surface area contributed by atoms with Crippen molar-refractivity contribution in [1.29, 1.82) is 5.26 Å². The predicted octanol–water partition coefficient (Wildman–Crippen LogP) is 3.29. The molecule has 0 aliphatic carbocycles. The van der Waals surface area contributed by atoms with Crippen LogP contribution in [-0.4, -0.2) is 19.9 Å². The van der Waals surface area contributed by atoms with Gasteiger partial charge in [0.2, 0.25) is 0 Å². The lowest BCUT2D eigenvalue weighted by molar-refractivity contribution is 0.214. The summed E-state index contributed by atoms with van der Waals surface area (Å²) in [5, 5.41) is 12.8. The van der Waals surface area contributed by atoms with E-state index in [1.165, 1.54) is 26.4 Å². The van der Waals surface area contributed by atoms with Gasteiger partial charge in [0.25, 0.3) is 0 Å². The molecule has 0 spiro atoms. The molecular weight excluding hydrogens is 299 g/mol. The number of hydrogen-bond donors (Lipinski definition) is 0. The summed E-state index contributed by atoms with van der Waals surface area (Å²) in [5.74, 6) is -0.201. The number of nitrogens with zero attached hydrogens (tertiary/aromatic N) is 2. The summed E-state index contributed by atoms with van der Waals surface area (Å²) < 4.78 is 24.5. The molecule has 0 heterocycles. The molecule has 2 rings (SSSR count). The average Bonchev–Trinajstić information content (AvgIpc) is 2.58.